The van der Waals surface area contributed by atoms with Crippen molar-refractivity contribution in [1.29, 1.82) is 0 Å². The van der Waals surface area contributed by atoms with E-state index in [1.807, 2.05) is 0 Å². The second kappa shape index (κ2) is 5.60. The fourth-order valence-corrected chi connectivity index (χ4v) is 3.01. The van der Waals surface area contributed by atoms with Crippen LogP contribution in [0.25, 0.3) is 0 Å². The van der Waals surface area contributed by atoms with Crippen LogP contribution >= 0.6 is 23.2 Å². The number of sulfonamides is 1. The van der Waals surface area contributed by atoms with Gasteiger partial charge in [-0.2, -0.15) is 0 Å². The maximum atomic E-state index is 13.7. The second-order valence-corrected chi connectivity index (χ2v) is 6.66. The molecule has 0 bridgehead atoms. The highest BCUT2D eigenvalue weighted by Gasteiger charge is 2.17. The first kappa shape index (κ1) is 15.1. The molecular weight excluding hydrogens is 324 g/mol. The van der Waals surface area contributed by atoms with Gasteiger partial charge in [0.2, 0.25) is 0 Å². The molecule has 0 saturated carbocycles. The Morgan fingerprint density at radius 3 is 2.35 bits per heavy atom. The van der Waals surface area contributed by atoms with Gasteiger partial charge < -0.3 is 0 Å². The standard InChI is InChI=1S/C13H10Cl2FNO2S/c1-8-2-5-13(12(16)6-8)17-20(18,19)9-3-4-10(14)11(15)7-9/h2-7,17H,1H3. The fourth-order valence-electron chi connectivity index (χ4n) is 1.55. The lowest BCUT2D eigenvalue weighted by atomic mass is 10.2. The molecule has 2 rings (SSSR count). The van der Waals surface area contributed by atoms with Crippen LogP contribution in [0.15, 0.2) is 41.3 Å². The number of aryl methyl sites for hydroxylation is 1. The molecule has 0 fully saturated rings. The molecule has 0 heterocycles. The van der Waals surface area contributed by atoms with Crippen LogP contribution in [-0.4, -0.2) is 8.42 Å². The molecule has 0 aliphatic rings. The molecule has 20 heavy (non-hydrogen) atoms. The Bertz CT molecular complexity index is 763. The van der Waals surface area contributed by atoms with Crippen molar-refractivity contribution in [2.24, 2.45) is 0 Å². The molecule has 0 radical (unpaired) electrons. The SMILES string of the molecule is Cc1ccc(NS(=O)(=O)c2ccc(Cl)c(Cl)c2)c(F)c1. The van der Waals surface area contributed by atoms with Crippen LogP contribution in [0.1, 0.15) is 5.56 Å². The molecular formula is C13H10Cl2FNO2S. The zero-order valence-electron chi connectivity index (χ0n) is 10.3. The van der Waals surface area contributed by atoms with E-state index in [1.165, 1.54) is 30.3 Å². The summed E-state index contributed by atoms with van der Waals surface area (Å²) >= 11 is 11.5. The smallest absolute Gasteiger partial charge is 0.262 e. The summed E-state index contributed by atoms with van der Waals surface area (Å²) in [4.78, 5) is -0.0909. The molecule has 0 spiro atoms. The van der Waals surface area contributed by atoms with Crippen molar-refractivity contribution in [3.63, 3.8) is 0 Å². The van der Waals surface area contributed by atoms with Crippen LogP contribution in [-0.2, 0) is 10.0 Å². The first-order chi connectivity index (χ1) is 9.29. The van der Waals surface area contributed by atoms with E-state index in [0.717, 1.165) is 0 Å². The van der Waals surface area contributed by atoms with Gasteiger partial charge in [-0.05, 0) is 42.8 Å². The molecule has 0 aromatic heterocycles. The molecule has 0 saturated heterocycles. The second-order valence-electron chi connectivity index (χ2n) is 4.16. The van der Waals surface area contributed by atoms with Crippen molar-refractivity contribution >= 4 is 38.9 Å². The number of rotatable bonds is 3. The third-order valence-electron chi connectivity index (χ3n) is 2.57. The van der Waals surface area contributed by atoms with E-state index in [2.05, 4.69) is 4.72 Å². The monoisotopic (exact) mass is 333 g/mol. The van der Waals surface area contributed by atoms with E-state index in [4.69, 9.17) is 23.2 Å². The van der Waals surface area contributed by atoms with Crippen molar-refractivity contribution in [1.82, 2.24) is 0 Å². The molecule has 7 heteroatoms. The summed E-state index contributed by atoms with van der Waals surface area (Å²) in [5, 5.41) is 0.353. The lowest BCUT2D eigenvalue weighted by Crippen LogP contribution is -2.14. The van der Waals surface area contributed by atoms with Gasteiger partial charge >= 0.3 is 0 Å². The van der Waals surface area contributed by atoms with Crippen LogP contribution in [0.2, 0.25) is 10.0 Å². The minimum absolute atomic E-state index is 0.0909. The first-order valence-electron chi connectivity index (χ1n) is 5.53. The van der Waals surface area contributed by atoms with E-state index in [1.54, 1.807) is 13.0 Å². The molecule has 0 aliphatic heterocycles. The molecule has 0 atom stereocenters. The minimum atomic E-state index is -3.92. The summed E-state index contributed by atoms with van der Waals surface area (Å²) in [6.07, 6.45) is 0. The van der Waals surface area contributed by atoms with E-state index >= 15 is 0 Å². The minimum Gasteiger partial charge on any atom is -0.277 e. The van der Waals surface area contributed by atoms with Crippen LogP contribution < -0.4 is 4.72 Å². The van der Waals surface area contributed by atoms with Crippen molar-refractivity contribution in [2.75, 3.05) is 4.72 Å². The number of hydrogen-bond acceptors (Lipinski definition) is 2. The highest BCUT2D eigenvalue weighted by atomic mass is 35.5. The first-order valence-corrected chi connectivity index (χ1v) is 7.77. The Labute approximate surface area is 126 Å². The Hall–Kier alpha value is -1.30. The van der Waals surface area contributed by atoms with Gasteiger partial charge in [0.15, 0.2) is 0 Å². The highest BCUT2D eigenvalue weighted by Crippen LogP contribution is 2.26. The predicted molar refractivity (Wildman–Crippen MR) is 78.4 cm³/mol. The molecule has 1 N–H and O–H groups in total. The molecule has 3 nitrogen and oxygen atoms in total. The van der Waals surface area contributed by atoms with Crippen molar-refractivity contribution in [3.05, 3.63) is 57.8 Å². The number of benzene rings is 2. The third-order valence-corrected chi connectivity index (χ3v) is 4.67. The normalized spacial score (nSPS) is 11.4. The Morgan fingerprint density at radius 2 is 1.75 bits per heavy atom. The maximum Gasteiger partial charge on any atom is 0.262 e. The lowest BCUT2D eigenvalue weighted by Gasteiger charge is -2.10. The molecule has 2 aromatic rings. The lowest BCUT2D eigenvalue weighted by molar-refractivity contribution is 0.598. The topological polar surface area (TPSA) is 46.2 Å². The van der Waals surface area contributed by atoms with Gasteiger partial charge in [-0.1, -0.05) is 29.3 Å². The van der Waals surface area contributed by atoms with E-state index in [-0.39, 0.29) is 20.6 Å². The zero-order valence-corrected chi connectivity index (χ0v) is 12.7. The summed E-state index contributed by atoms with van der Waals surface area (Å²) in [5.74, 6) is -0.645. The summed E-state index contributed by atoms with van der Waals surface area (Å²) < 4.78 is 40.1. The fraction of sp³-hybridized carbons (Fsp3) is 0.0769. The van der Waals surface area contributed by atoms with Gasteiger partial charge in [-0.3, -0.25) is 4.72 Å². The molecule has 106 valence electrons. The van der Waals surface area contributed by atoms with Crippen LogP contribution in [0, 0.1) is 12.7 Å². The van der Waals surface area contributed by atoms with Crippen LogP contribution in [0.4, 0.5) is 10.1 Å². The van der Waals surface area contributed by atoms with Crippen LogP contribution in [0.5, 0.6) is 0 Å². The zero-order chi connectivity index (χ0) is 14.9. The molecule has 0 unspecified atom stereocenters. The molecule has 2 aromatic carbocycles. The number of anilines is 1. The van der Waals surface area contributed by atoms with Gasteiger partial charge in [0.25, 0.3) is 10.0 Å². The number of halogens is 3. The Morgan fingerprint density at radius 1 is 1.05 bits per heavy atom. The average Bonchev–Trinajstić information content (AvgIpc) is 2.36. The molecule has 0 aliphatic carbocycles. The van der Waals surface area contributed by atoms with Crippen molar-refractivity contribution in [2.45, 2.75) is 11.8 Å². The van der Waals surface area contributed by atoms with Gasteiger partial charge in [0, 0.05) is 0 Å². The summed E-state index contributed by atoms with van der Waals surface area (Å²) in [5.41, 5.74) is 0.571. The van der Waals surface area contributed by atoms with Gasteiger partial charge in [-0.15, -0.1) is 0 Å². The summed E-state index contributed by atoms with van der Waals surface area (Å²) in [6.45, 7) is 1.71. The van der Waals surface area contributed by atoms with Gasteiger partial charge in [-0.25, -0.2) is 12.8 Å². The quantitative estimate of drug-likeness (QED) is 0.912. The summed E-state index contributed by atoms with van der Waals surface area (Å²) in [6, 6.07) is 8.08. The highest BCUT2D eigenvalue weighted by molar-refractivity contribution is 7.92. The Balaban J connectivity index is 2.38. The van der Waals surface area contributed by atoms with Gasteiger partial charge in [0.05, 0.1) is 20.6 Å². The maximum absolute atomic E-state index is 13.7. The Kier molecular flexibility index (Phi) is 4.22. The largest absolute Gasteiger partial charge is 0.277 e. The van der Waals surface area contributed by atoms with Crippen LogP contribution in [0.3, 0.4) is 0 Å². The average molecular weight is 334 g/mol. The summed E-state index contributed by atoms with van der Waals surface area (Å²) in [7, 11) is -3.92. The van der Waals surface area contributed by atoms with E-state index in [9.17, 15) is 12.8 Å². The molecule has 0 amide bonds. The van der Waals surface area contributed by atoms with E-state index < -0.39 is 15.8 Å². The van der Waals surface area contributed by atoms with Gasteiger partial charge in [0.1, 0.15) is 5.82 Å². The van der Waals surface area contributed by atoms with Crippen molar-refractivity contribution < 1.29 is 12.8 Å². The predicted octanol–water partition coefficient (Wildman–Crippen LogP) is 4.24. The third kappa shape index (κ3) is 3.23. The number of nitrogens with one attached hydrogen (secondary N) is 1. The number of hydrogen-bond donors (Lipinski definition) is 1. The van der Waals surface area contributed by atoms with E-state index in [0.29, 0.717) is 5.56 Å². The van der Waals surface area contributed by atoms with Crippen molar-refractivity contribution in [3.8, 4) is 0 Å².